The summed E-state index contributed by atoms with van der Waals surface area (Å²) in [6.45, 7) is 9.50. The number of aryl methyl sites for hydroxylation is 2. The molecule has 0 aromatic heterocycles. The molecule has 1 amide bonds. The molecule has 1 N–H and O–H groups in total. The van der Waals surface area contributed by atoms with Gasteiger partial charge in [-0.3, -0.25) is 4.79 Å². The molecular weight excluding hydrogens is 248 g/mol. The SMILES string of the molecule is Cc1ccc(CC(=O)N2CC3CNCC3C2C)cc1C. The summed E-state index contributed by atoms with van der Waals surface area (Å²) in [6, 6.07) is 6.73. The molecule has 108 valence electrons. The first kappa shape index (κ1) is 13.6. The zero-order chi connectivity index (χ0) is 14.3. The number of rotatable bonds is 2. The standard InChI is InChI=1S/C17H24N2O/c1-11-4-5-14(6-12(11)2)7-17(20)19-10-15-8-18-9-16(15)13(19)3/h4-6,13,15-16,18H,7-10H2,1-3H3. The Morgan fingerprint density at radius 2 is 2.10 bits per heavy atom. The van der Waals surface area contributed by atoms with Crippen molar-refractivity contribution >= 4 is 5.91 Å². The lowest BCUT2D eigenvalue weighted by molar-refractivity contribution is -0.131. The minimum absolute atomic E-state index is 0.287. The topological polar surface area (TPSA) is 32.3 Å². The summed E-state index contributed by atoms with van der Waals surface area (Å²) >= 11 is 0. The summed E-state index contributed by atoms with van der Waals surface area (Å²) in [4.78, 5) is 14.7. The van der Waals surface area contributed by atoms with Gasteiger partial charge in [0.05, 0.1) is 6.42 Å². The van der Waals surface area contributed by atoms with Gasteiger partial charge in [-0.2, -0.15) is 0 Å². The van der Waals surface area contributed by atoms with Gasteiger partial charge in [0.15, 0.2) is 0 Å². The summed E-state index contributed by atoms with van der Waals surface area (Å²) in [7, 11) is 0. The highest BCUT2D eigenvalue weighted by molar-refractivity contribution is 5.79. The largest absolute Gasteiger partial charge is 0.339 e. The van der Waals surface area contributed by atoms with Crippen LogP contribution in [0.2, 0.25) is 0 Å². The smallest absolute Gasteiger partial charge is 0.227 e. The fraction of sp³-hybridized carbons (Fsp3) is 0.588. The van der Waals surface area contributed by atoms with E-state index in [2.05, 4.69) is 49.2 Å². The van der Waals surface area contributed by atoms with Crippen LogP contribution in [0.25, 0.3) is 0 Å². The first-order valence-electron chi connectivity index (χ1n) is 7.62. The quantitative estimate of drug-likeness (QED) is 0.892. The van der Waals surface area contributed by atoms with Crippen molar-refractivity contribution < 1.29 is 4.79 Å². The predicted octanol–water partition coefficient (Wildman–Crippen LogP) is 1.91. The molecule has 3 nitrogen and oxygen atoms in total. The van der Waals surface area contributed by atoms with Gasteiger partial charge in [-0.1, -0.05) is 18.2 Å². The van der Waals surface area contributed by atoms with Gasteiger partial charge in [-0.05, 0) is 49.3 Å². The Balaban J connectivity index is 1.69. The number of likely N-dealkylation sites (tertiary alicyclic amines) is 1. The van der Waals surface area contributed by atoms with E-state index >= 15 is 0 Å². The Morgan fingerprint density at radius 1 is 1.30 bits per heavy atom. The molecule has 3 unspecified atom stereocenters. The zero-order valence-corrected chi connectivity index (χ0v) is 12.6. The van der Waals surface area contributed by atoms with Crippen LogP contribution in [-0.4, -0.2) is 36.5 Å². The molecular formula is C17H24N2O. The number of amides is 1. The van der Waals surface area contributed by atoms with Crippen LogP contribution in [0.5, 0.6) is 0 Å². The first-order chi connectivity index (χ1) is 9.56. The number of nitrogens with one attached hydrogen (secondary N) is 1. The lowest BCUT2D eigenvalue weighted by Gasteiger charge is -2.24. The van der Waals surface area contributed by atoms with E-state index in [9.17, 15) is 4.79 Å². The second-order valence-electron chi connectivity index (χ2n) is 6.46. The Hall–Kier alpha value is -1.35. The third-order valence-electron chi connectivity index (χ3n) is 5.18. The minimum atomic E-state index is 0.287. The number of benzene rings is 1. The van der Waals surface area contributed by atoms with Crippen LogP contribution in [0.15, 0.2) is 18.2 Å². The Bertz CT molecular complexity index is 526. The molecule has 2 fully saturated rings. The number of carbonyl (C=O) groups excluding carboxylic acids is 1. The average Bonchev–Trinajstić information content (AvgIpc) is 2.97. The molecule has 0 saturated carbocycles. The van der Waals surface area contributed by atoms with Gasteiger partial charge >= 0.3 is 0 Å². The number of carbonyl (C=O) groups is 1. The van der Waals surface area contributed by atoms with Crippen molar-refractivity contribution in [1.29, 1.82) is 0 Å². The van der Waals surface area contributed by atoms with Crippen molar-refractivity contribution in [3.05, 3.63) is 34.9 Å². The minimum Gasteiger partial charge on any atom is -0.339 e. The highest BCUT2D eigenvalue weighted by Crippen LogP contribution is 2.32. The molecule has 0 aliphatic carbocycles. The molecule has 3 atom stereocenters. The van der Waals surface area contributed by atoms with Crippen molar-refractivity contribution in [2.45, 2.75) is 33.2 Å². The average molecular weight is 272 g/mol. The second kappa shape index (κ2) is 5.21. The normalized spacial score (nSPS) is 28.8. The molecule has 2 heterocycles. The molecule has 0 spiro atoms. The van der Waals surface area contributed by atoms with E-state index < -0.39 is 0 Å². The van der Waals surface area contributed by atoms with E-state index in [1.807, 2.05) is 0 Å². The third-order valence-corrected chi connectivity index (χ3v) is 5.18. The summed E-state index contributed by atoms with van der Waals surface area (Å²) < 4.78 is 0. The van der Waals surface area contributed by atoms with E-state index in [0.717, 1.165) is 25.2 Å². The molecule has 2 aliphatic heterocycles. The molecule has 3 rings (SSSR count). The van der Waals surface area contributed by atoms with Gasteiger partial charge in [-0.15, -0.1) is 0 Å². The fourth-order valence-electron chi connectivity index (χ4n) is 3.69. The summed E-state index contributed by atoms with van der Waals surface area (Å²) in [5, 5.41) is 3.44. The van der Waals surface area contributed by atoms with Crippen LogP contribution in [-0.2, 0) is 11.2 Å². The van der Waals surface area contributed by atoms with Gasteiger partial charge < -0.3 is 10.2 Å². The Kier molecular flexibility index (Phi) is 3.55. The number of nitrogens with zero attached hydrogens (tertiary/aromatic N) is 1. The van der Waals surface area contributed by atoms with E-state index in [1.165, 1.54) is 11.1 Å². The molecule has 1 aromatic carbocycles. The summed E-state index contributed by atoms with van der Waals surface area (Å²) in [5.74, 6) is 1.60. The second-order valence-corrected chi connectivity index (χ2v) is 6.46. The van der Waals surface area contributed by atoms with Gasteiger partial charge in [-0.25, -0.2) is 0 Å². The number of hydrogen-bond donors (Lipinski definition) is 1. The van der Waals surface area contributed by atoms with Crippen LogP contribution in [0.4, 0.5) is 0 Å². The van der Waals surface area contributed by atoms with E-state index in [-0.39, 0.29) is 5.91 Å². The zero-order valence-electron chi connectivity index (χ0n) is 12.6. The molecule has 3 heteroatoms. The highest BCUT2D eigenvalue weighted by atomic mass is 16.2. The maximum atomic E-state index is 12.6. The van der Waals surface area contributed by atoms with Crippen LogP contribution in [0, 0.1) is 25.7 Å². The van der Waals surface area contributed by atoms with Gasteiger partial charge in [0, 0.05) is 25.7 Å². The maximum Gasteiger partial charge on any atom is 0.227 e. The third kappa shape index (κ3) is 2.35. The van der Waals surface area contributed by atoms with Crippen LogP contribution >= 0.6 is 0 Å². The van der Waals surface area contributed by atoms with Gasteiger partial charge in [0.1, 0.15) is 0 Å². The van der Waals surface area contributed by atoms with Crippen molar-refractivity contribution in [2.75, 3.05) is 19.6 Å². The highest BCUT2D eigenvalue weighted by Gasteiger charge is 2.43. The van der Waals surface area contributed by atoms with Gasteiger partial charge in [0.25, 0.3) is 0 Å². The van der Waals surface area contributed by atoms with Crippen molar-refractivity contribution in [1.82, 2.24) is 10.2 Å². The predicted molar refractivity (Wildman–Crippen MR) is 80.6 cm³/mol. The summed E-state index contributed by atoms with van der Waals surface area (Å²) in [5.41, 5.74) is 3.70. The number of hydrogen-bond acceptors (Lipinski definition) is 2. The molecule has 0 radical (unpaired) electrons. The molecule has 2 saturated heterocycles. The molecule has 2 aliphatic rings. The first-order valence-corrected chi connectivity index (χ1v) is 7.62. The van der Waals surface area contributed by atoms with E-state index in [1.54, 1.807) is 0 Å². The van der Waals surface area contributed by atoms with Crippen molar-refractivity contribution in [3.63, 3.8) is 0 Å². The Morgan fingerprint density at radius 3 is 2.80 bits per heavy atom. The van der Waals surface area contributed by atoms with E-state index in [0.29, 0.717) is 24.3 Å². The van der Waals surface area contributed by atoms with Crippen molar-refractivity contribution in [2.24, 2.45) is 11.8 Å². The monoisotopic (exact) mass is 272 g/mol. The lowest BCUT2D eigenvalue weighted by atomic mass is 9.95. The van der Waals surface area contributed by atoms with Crippen LogP contribution < -0.4 is 5.32 Å². The molecule has 0 bridgehead atoms. The lowest BCUT2D eigenvalue weighted by Crippen LogP contribution is -2.38. The number of fused-ring (bicyclic) bond motifs is 1. The Labute approximate surface area is 121 Å². The van der Waals surface area contributed by atoms with Gasteiger partial charge in [0.2, 0.25) is 5.91 Å². The van der Waals surface area contributed by atoms with Crippen LogP contribution in [0.3, 0.4) is 0 Å². The van der Waals surface area contributed by atoms with Crippen LogP contribution in [0.1, 0.15) is 23.6 Å². The summed E-state index contributed by atoms with van der Waals surface area (Å²) in [6.07, 6.45) is 0.540. The molecule has 1 aromatic rings. The maximum absolute atomic E-state index is 12.6. The fourth-order valence-corrected chi connectivity index (χ4v) is 3.69. The van der Waals surface area contributed by atoms with Crippen molar-refractivity contribution in [3.8, 4) is 0 Å². The molecule has 20 heavy (non-hydrogen) atoms. The van der Waals surface area contributed by atoms with E-state index in [4.69, 9.17) is 0 Å².